The predicted molar refractivity (Wildman–Crippen MR) is 56.7 cm³/mol. The van der Waals surface area contributed by atoms with Crippen LogP contribution < -0.4 is 0 Å². The molecule has 0 amide bonds. The summed E-state index contributed by atoms with van der Waals surface area (Å²) in [6.07, 6.45) is 5.08. The van der Waals surface area contributed by atoms with E-state index >= 15 is 0 Å². The smallest absolute Gasteiger partial charge is 0.138 e. The molecule has 0 N–H and O–H groups in total. The summed E-state index contributed by atoms with van der Waals surface area (Å²) in [5.41, 5.74) is -0.140. The van der Waals surface area contributed by atoms with Crippen molar-refractivity contribution in [3.63, 3.8) is 0 Å². The number of ketones is 1. The first-order chi connectivity index (χ1) is 5.48. The first kappa shape index (κ1) is 12.0. The van der Waals surface area contributed by atoms with Crippen molar-refractivity contribution in [2.75, 3.05) is 12.0 Å². The number of hydrogen-bond donors (Lipinski definition) is 0. The standard InChI is InChI=1S/C10H20OS/c1-10(2,3)9(11)7-5-6-8-12-4/h5-8H2,1-4H3. The van der Waals surface area contributed by atoms with Crippen LogP contribution in [0.3, 0.4) is 0 Å². The zero-order chi connectivity index (χ0) is 9.61. The van der Waals surface area contributed by atoms with Gasteiger partial charge in [0.15, 0.2) is 0 Å². The Balaban J connectivity index is 3.45. The van der Waals surface area contributed by atoms with E-state index in [1.807, 2.05) is 32.5 Å². The maximum atomic E-state index is 11.4. The van der Waals surface area contributed by atoms with Gasteiger partial charge >= 0.3 is 0 Å². The van der Waals surface area contributed by atoms with Crippen molar-refractivity contribution < 1.29 is 4.79 Å². The zero-order valence-corrected chi connectivity index (χ0v) is 9.46. The van der Waals surface area contributed by atoms with Crippen LogP contribution >= 0.6 is 11.8 Å². The fourth-order valence-corrected chi connectivity index (χ4v) is 1.40. The number of unbranched alkanes of at least 4 members (excludes halogenated alkanes) is 1. The van der Waals surface area contributed by atoms with Gasteiger partial charge < -0.3 is 0 Å². The summed E-state index contributed by atoms with van der Waals surface area (Å²) in [6, 6.07) is 0. The minimum Gasteiger partial charge on any atom is -0.299 e. The summed E-state index contributed by atoms with van der Waals surface area (Å²) >= 11 is 1.85. The molecule has 0 heterocycles. The molecule has 0 radical (unpaired) electrons. The lowest BCUT2D eigenvalue weighted by Gasteiger charge is -2.15. The second kappa shape index (κ2) is 5.63. The van der Waals surface area contributed by atoms with Gasteiger partial charge in [-0.3, -0.25) is 4.79 Å². The lowest BCUT2D eigenvalue weighted by molar-refractivity contribution is -0.126. The molecule has 1 nitrogen and oxygen atoms in total. The Morgan fingerprint density at radius 1 is 1.25 bits per heavy atom. The molecule has 0 aliphatic carbocycles. The monoisotopic (exact) mass is 188 g/mol. The molecule has 0 aromatic carbocycles. The summed E-state index contributed by atoms with van der Waals surface area (Å²) in [6.45, 7) is 5.97. The maximum absolute atomic E-state index is 11.4. The molecule has 0 spiro atoms. The van der Waals surface area contributed by atoms with Gasteiger partial charge in [0.05, 0.1) is 0 Å². The molecule has 0 fully saturated rings. The highest BCUT2D eigenvalue weighted by Crippen LogP contribution is 2.18. The highest BCUT2D eigenvalue weighted by Gasteiger charge is 2.19. The Labute approximate surface area is 80.3 Å². The molecule has 0 saturated carbocycles. The molecule has 0 aromatic rings. The average molecular weight is 188 g/mol. The fraction of sp³-hybridized carbons (Fsp3) is 0.900. The number of carbonyl (C=O) groups is 1. The van der Waals surface area contributed by atoms with Crippen molar-refractivity contribution >= 4 is 17.5 Å². The summed E-state index contributed by atoms with van der Waals surface area (Å²) < 4.78 is 0. The summed E-state index contributed by atoms with van der Waals surface area (Å²) in [4.78, 5) is 11.4. The second-order valence-electron chi connectivity index (χ2n) is 4.12. The number of hydrogen-bond acceptors (Lipinski definition) is 2. The molecule has 0 aromatic heterocycles. The van der Waals surface area contributed by atoms with E-state index in [4.69, 9.17) is 0 Å². The van der Waals surface area contributed by atoms with Crippen molar-refractivity contribution in [3.05, 3.63) is 0 Å². The van der Waals surface area contributed by atoms with Crippen LogP contribution in [0.25, 0.3) is 0 Å². The zero-order valence-electron chi connectivity index (χ0n) is 8.64. The van der Waals surface area contributed by atoms with Gasteiger partial charge in [-0.2, -0.15) is 11.8 Å². The molecule has 0 unspecified atom stereocenters. The van der Waals surface area contributed by atoms with E-state index in [9.17, 15) is 4.79 Å². The molecule has 72 valence electrons. The first-order valence-corrected chi connectivity index (χ1v) is 5.90. The first-order valence-electron chi connectivity index (χ1n) is 4.50. The second-order valence-corrected chi connectivity index (χ2v) is 5.11. The van der Waals surface area contributed by atoms with E-state index in [0.29, 0.717) is 5.78 Å². The van der Waals surface area contributed by atoms with E-state index in [0.717, 1.165) is 12.8 Å². The molecule has 2 heteroatoms. The van der Waals surface area contributed by atoms with Crippen LogP contribution in [-0.2, 0) is 4.79 Å². The Bertz CT molecular complexity index is 135. The van der Waals surface area contributed by atoms with Crippen LogP contribution in [-0.4, -0.2) is 17.8 Å². The molecular weight excluding hydrogens is 168 g/mol. The van der Waals surface area contributed by atoms with Crippen LogP contribution in [0.15, 0.2) is 0 Å². The van der Waals surface area contributed by atoms with Crippen LogP contribution in [0.5, 0.6) is 0 Å². The van der Waals surface area contributed by atoms with Crippen molar-refractivity contribution in [1.82, 2.24) is 0 Å². The van der Waals surface area contributed by atoms with Gasteiger partial charge in [-0.25, -0.2) is 0 Å². The number of Topliss-reactive ketones (excluding diaryl/α,β-unsaturated/α-hetero) is 1. The lowest BCUT2D eigenvalue weighted by atomic mass is 9.88. The SMILES string of the molecule is CSCCCCC(=O)C(C)(C)C. The third-order valence-corrected chi connectivity index (χ3v) is 2.54. The molecule has 0 atom stereocenters. The van der Waals surface area contributed by atoms with Crippen LogP contribution in [0.1, 0.15) is 40.0 Å². The molecule has 0 bridgehead atoms. The van der Waals surface area contributed by atoms with Gasteiger partial charge in [-0.1, -0.05) is 20.8 Å². The third-order valence-electron chi connectivity index (χ3n) is 1.84. The van der Waals surface area contributed by atoms with Gasteiger partial charge in [0.25, 0.3) is 0 Å². The molecule has 0 saturated heterocycles. The molecular formula is C10H20OS. The maximum Gasteiger partial charge on any atom is 0.138 e. The van der Waals surface area contributed by atoms with Crippen LogP contribution in [0, 0.1) is 5.41 Å². The normalized spacial score (nSPS) is 11.7. The quantitative estimate of drug-likeness (QED) is 0.617. The summed E-state index contributed by atoms with van der Waals surface area (Å²) in [5.74, 6) is 1.57. The third kappa shape index (κ3) is 5.64. The predicted octanol–water partition coefficient (Wildman–Crippen LogP) is 3.13. The largest absolute Gasteiger partial charge is 0.299 e. The van der Waals surface area contributed by atoms with E-state index in [1.165, 1.54) is 12.2 Å². The van der Waals surface area contributed by atoms with Crippen molar-refractivity contribution in [2.24, 2.45) is 5.41 Å². The molecule has 12 heavy (non-hydrogen) atoms. The topological polar surface area (TPSA) is 17.1 Å². The Morgan fingerprint density at radius 3 is 2.25 bits per heavy atom. The molecule has 0 aliphatic heterocycles. The van der Waals surface area contributed by atoms with E-state index in [1.54, 1.807) is 0 Å². The number of carbonyl (C=O) groups excluding carboxylic acids is 1. The minimum atomic E-state index is -0.140. The Morgan fingerprint density at radius 2 is 1.83 bits per heavy atom. The van der Waals surface area contributed by atoms with Gasteiger partial charge in [0.1, 0.15) is 5.78 Å². The van der Waals surface area contributed by atoms with E-state index in [2.05, 4.69) is 6.26 Å². The Kier molecular flexibility index (Phi) is 5.64. The van der Waals surface area contributed by atoms with E-state index in [-0.39, 0.29) is 5.41 Å². The van der Waals surface area contributed by atoms with Gasteiger partial charge in [-0.05, 0) is 24.9 Å². The lowest BCUT2D eigenvalue weighted by Crippen LogP contribution is -2.19. The molecule has 0 rings (SSSR count). The fourth-order valence-electron chi connectivity index (χ4n) is 0.907. The van der Waals surface area contributed by atoms with Gasteiger partial charge in [-0.15, -0.1) is 0 Å². The Hall–Kier alpha value is 0.0200. The van der Waals surface area contributed by atoms with Crippen molar-refractivity contribution in [1.29, 1.82) is 0 Å². The highest BCUT2D eigenvalue weighted by molar-refractivity contribution is 7.98. The van der Waals surface area contributed by atoms with Crippen molar-refractivity contribution in [2.45, 2.75) is 40.0 Å². The number of rotatable bonds is 5. The number of thioether (sulfide) groups is 1. The van der Waals surface area contributed by atoms with Crippen LogP contribution in [0.4, 0.5) is 0 Å². The van der Waals surface area contributed by atoms with Crippen LogP contribution in [0.2, 0.25) is 0 Å². The van der Waals surface area contributed by atoms with Gasteiger partial charge in [0.2, 0.25) is 0 Å². The van der Waals surface area contributed by atoms with Crippen molar-refractivity contribution in [3.8, 4) is 0 Å². The summed E-state index contributed by atoms with van der Waals surface area (Å²) in [7, 11) is 0. The highest BCUT2D eigenvalue weighted by atomic mass is 32.2. The summed E-state index contributed by atoms with van der Waals surface area (Å²) in [5, 5.41) is 0. The van der Waals surface area contributed by atoms with Gasteiger partial charge in [0, 0.05) is 11.8 Å². The average Bonchev–Trinajstić information content (AvgIpc) is 1.96. The molecule has 0 aliphatic rings. The van der Waals surface area contributed by atoms with E-state index < -0.39 is 0 Å². The minimum absolute atomic E-state index is 0.140.